The number of hydrazine groups is 1. The van der Waals surface area contributed by atoms with Crippen molar-refractivity contribution in [3.05, 3.63) is 24.6 Å². The molecule has 0 aliphatic carbocycles. The van der Waals surface area contributed by atoms with Crippen LogP contribution in [-0.4, -0.2) is 4.98 Å². The summed E-state index contributed by atoms with van der Waals surface area (Å²) in [5.41, 5.74) is 4.91. The normalized spacial score (nSPS) is 10.3. The molecule has 1 aromatic carbocycles. The molecule has 0 spiro atoms. The van der Waals surface area contributed by atoms with Gasteiger partial charge in [-0.3, -0.25) is 5.84 Å². The fourth-order valence-corrected chi connectivity index (χ4v) is 0.945. The van der Waals surface area contributed by atoms with Crippen molar-refractivity contribution in [1.29, 1.82) is 0 Å². The second kappa shape index (κ2) is 2.25. The van der Waals surface area contributed by atoms with E-state index in [2.05, 4.69) is 10.4 Å². The van der Waals surface area contributed by atoms with Crippen LogP contribution in [-0.2, 0) is 0 Å². The number of nitrogen functional groups attached to an aromatic ring is 1. The first kappa shape index (κ1) is 6.18. The van der Waals surface area contributed by atoms with E-state index in [0.717, 1.165) is 16.8 Å². The van der Waals surface area contributed by atoms with Crippen LogP contribution in [0.5, 0.6) is 0 Å². The highest BCUT2D eigenvalue weighted by atomic mass is 16.3. The molecule has 1 heterocycles. The summed E-state index contributed by atoms with van der Waals surface area (Å²) in [6, 6.07) is 5.47. The first-order valence-electron chi connectivity index (χ1n) is 3.20. The molecule has 0 aliphatic rings. The van der Waals surface area contributed by atoms with Crippen molar-refractivity contribution in [1.82, 2.24) is 4.98 Å². The predicted molar refractivity (Wildman–Crippen MR) is 41.8 cm³/mol. The van der Waals surface area contributed by atoms with Crippen LogP contribution < -0.4 is 11.3 Å². The highest BCUT2D eigenvalue weighted by Gasteiger charge is 1.97. The first-order chi connectivity index (χ1) is 5.40. The molecule has 2 rings (SSSR count). The van der Waals surface area contributed by atoms with Crippen LogP contribution in [0.1, 0.15) is 0 Å². The summed E-state index contributed by atoms with van der Waals surface area (Å²) in [5, 5.41) is 0. The number of aromatic nitrogens is 1. The largest absolute Gasteiger partial charge is 0.443 e. The standard InChI is InChI=1S/C7H7N3O/c8-10-5-1-2-6-7(3-5)11-4-9-6/h1-4,10H,8H2. The lowest BCUT2D eigenvalue weighted by Gasteiger charge is -1.95. The Kier molecular flexibility index (Phi) is 1.26. The first-order valence-corrected chi connectivity index (χ1v) is 3.20. The molecular formula is C7H7N3O. The highest BCUT2D eigenvalue weighted by Crippen LogP contribution is 2.16. The van der Waals surface area contributed by atoms with Gasteiger partial charge in [0.25, 0.3) is 0 Å². The molecule has 11 heavy (non-hydrogen) atoms. The molecule has 0 unspecified atom stereocenters. The van der Waals surface area contributed by atoms with Crippen LogP contribution in [0.15, 0.2) is 29.0 Å². The zero-order chi connectivity index (χ0) is 7.68. The predicted octanol–water partition coefficient (Wildman–Crippen LogP) is 1.11. The second-order valence-corrected chi connectivity index (χ2v) is 2.18. The van der Waals surface area contributed by atoms with Gasteiger partial charge in [-0.25, -0.2) is 4.98 Å². The third-order valence-corrected chi connectivity index (χ3v) is 1.50. The van der Waals surface area contributed by atoms with Gasteiger partial charge in [0.05, 0.1) is 5.69 Å². The minimum atomic E-state index is 0.737. The maximum Gasteiger partial charge on any atom is 0.181 e. The maximum atomic E-state index is 5.20. The fraction of sp³-hybridized carbons (Fsp3) is 0. The minimum Gasteiger partial charge on any atom is -0.443 e. The number of hydrogen-bond acceptors (Lipinski definition) is 4. The molecule has 0 fully saturated rings. The van der Waals surface area contributed by atoms with E-state index < -0.39 is 0 Å². The Hall–Kier alpha value is -1.55. The molecule has 2 aromatic rings. The Morgan fingerprint density at radius 2 is 2.36 bits per heavy atom. The Morgan fingerprint density at radius 1 is 1.45 bits per heavy atom. The molecule has 3 N–H and O–H groups in total. The fourth-order valence-electron chi connectivity index (χ4n) is 0.945. The molecular weight excluding hydrogens is 142 g/mol. The zero-order valence-corrected chi connectivity index (χ0v) is 5.74. The third kappa shape index (κ3) is 0.929. The highest BCUT2D eigenvalue weighted by molar-refractivity contribution is 5.76. The molecule has 0 bridgehead atoms. The molecule has 0 atom stereocenters. The summed E-state index contributed by atoms with van der Waals surface area (Å²) in [6.07, 6.45) is 1.41. The average molecular weight is 149 g/mol. The molecule has 0 saturated carbocycles. The van der Waals surface area contributed by atoms with E-state index in [9.17, 15) is 0 Å². The van der Waals surface area contributed by atoms with Crippen LogP contribution in [0.3, 0.4) is 0 Å². The molecule has 1 aromatic heterocycles. The van der Waals surface area contributed by atoms with Gasteiger partial charge in [0.1, 0.15) is 5.52 Å². The maximum absolute atomic E-state index is 5.20. The Balaban J connectivity index is 2.67. The van der Waals surface area contributed by atoms with Gasteiger partial charge in [-0.05, 0) is 12.1 Å². The van der Waals surface area contributed by atoms with Gasteiger partial charge >= 0.3 is 0 Å². The number of nitrogens with two attached hydrogens (primary N) is 1. The van der Waals surface area contributed by atoms with Crippen molar-refractivity contribution >= 4 is 16.8 Å². The van der Waals surface area contributed by atoms with Crippen LogP contribution in [0.2, 0.25) is 0 Å². The topological polar surface area (TPSA) is 64.1 Å². The molecule has 56 valence electrons. The van der Waals surface area contributed by atoms with Crippen molar-refractivity contribution in [2.24, 2.45) is 5.84 Å². The smallest absolute Gasteiger partial charge is 0.181 e. The van der Waals surface area contributed by atoms with Crippen molar-refractivity contribution in [2.75, 3.05) is 5.43 Å². The number of nitrogens with zero attached hydrogens (tertiary/aromatic N) is 1. The van der Waals surface area contributed by atoms with Crippen molar-refractivity contribution in [3.8, 4) is 0 Å². The van der Waals surface area contributed by atoms with Crippen molar-refractivity contribution in [2.45, 2.75) is 0 Å². The van der Waals surface area contributed by atoms with E-state index in [0.29, 0.717) is 0 Å². The summed E-state index contributed by atoms with van der Waals surface area (Å²) in [4.78, 5) is 3.96. The van der Waals surface area contributed by atoms with E-state index >= 15 is 0 Å². The number of benzene rings is 1. The summed E-state index contributed by atoms with van der Waals surface area (Å²) >= 11 is 0. The van der Waals surface area contributed by atoms with Crippen molar-refractivity contribution in [3.63, 3.8) is 0 Å². The third-order valence-electron chi connectivity index (χ3n) is 1.50. The van der Waals surface area contributed by atoms with Gasteiger partial charge in [-0.2, -0.15) is 0 Å². The molecule has 0 aliphatic heterocycles. The lowest BCUT2D eigenvalue weighted by molar-refractivity contribution is 0.602. The molecule has 0 radical (unpaired) electrons. The number of rotatable bonds is 1. The number of hydrogen-bond donors (Lipinski definition) is 2. The van der Waals surface area contributed by atoms with Crippen LogP contribution in [0, 0.1) is 0 Å². The average Bonchev–Trinajstić information content (AvgIpc) is 2.50. The van der Waals surface area contributed by atoms with Gasteiger partial charge in [0.2, 0.25) is 0 Å². The van der Waals surface area contributed by atoms with Gasteiger partial charge in [-0.1, -0.05) is 0 Å². The van der Waals surface area contributed by atoms with E-state index in [1.165, 1.54) is 6.39 Å². The van der Waals surface area contributed by atoms with E-state index in [4.69, 9.17) is 10.3 Å². The Labute approximate surface area is 63.0 Å². The van der Waals surface area contributed by atoms with E-state index in [-0.39, 0.29) is 0 Å². The number of fused-ring (bicyclic) bond motifs is 1. The van der Waals surface area contributed by atoms with Gasteiger partial charge in [0, 0.05) is 6.07 Å². The molecule has 0 saturated heterocycles. The van der Waals surface area contributed by atoms with Gasteiger partial charge in [-0.15, -0.1) is 0 Å². The van der Waals surface area contributed by atoms with Crippen molar-refractivity contribution < 1.29 is 4.42 Å². The summed E-state index contributed by atoms with van der Waals surface area (Å²) in [5.74, 6) is 5.20. The lowest BCUT2D eigenvalue weighted by atomic mass is 10.3. The Morgan fingerprint density at radius 3 is 3.18 bits per heavy atom. The summed E-state index contributed by atoms with van der Waals surface area (Å²) in [7, 11) is 0. The monoisotopic (exact) mass is 149 g/mol. The quantitative estimate of drug-likeness (QED) is 0.471. The van der Waals surface area contributed by atoms with Crippen LogP contribution in [0.4, 0.5) is 5.69 Å². The summed E-state index contributed by atoms with van der Waals surface area (Å²) < 4.78 is 5.05. The molecule has 0 amide bonds. The number of anilines is 1. The van der Waals surface area contributed by atoms with E-state index in [1.54, 1.807) is 6.07 Å². The van der Waals surface area contributed by atoms with Gasteiger partial charge < -0.3 is 9.84 Å². The van der Waals surface area contributed by atoms with Crippen LogP contribution in [0.25, 0.3) is 11.1 Å². The zero-order valence-electron chi connectivity index (χ0n) is 5.74. The molecule has 4 nitrogen and oxygen atoms in total. The Bertz CT molecular complexity index is 368. The summed E-state index contributed by atoms with van der Waals surface area (Å²) in [6.45, 7) is 0. The van der Waals surface area contributed by atoms with Crippen LogP contribution >= 0.6 is 0 Å². The number of nitrogens with one attached hydrogen (secondary N) is 1. The molecule has 4 heteroatoms. The minimum absolute atomic E-state index is 0.737. The lowest BCUT2D eigenvalue weighted by Crippen LogP contribution is -2.05. The van der Waals surface area contributed by atoms with E-state index in [1.807, 2.05) is 12.1 Å². The second-order valence-electron chi connectivity index (χ2n) is 2.18. The SMILES string of the molecule is NNc1ccc2ncoc2c1. The van der Waals surface area contributed by atoms with Gasteiger partial charge in [0.15, 0.2) is 12.0 Å². The number of oxazole rings is 1.